The van der Waals surface area contributed by atoms with E-state index in [2.05, 4.69) is 20.6 Å². The second kappa shape index (κ2) is 9.69. The summed E-state index contributed by atoms with van der Waals surface area (Å²) in [6, 6.07) is 10.7. The predicted octanol–water partition coefficient (Wildman–Crippen LogP) is 3.70. The van der Waals surface area contributed by atoms with E-state index < -0.39 is 9.84 Å². The number of imidazole rings is 1. The van der Waals surface area contributed by atoms with Gasteiger partial charge in [-0.3, -0.25) is 9.59 Å². The van der Waals surface area contributed by atoms with Crippen LogP contribution in [0.25, 0.3) is 21.3 Å². The average Bonchev–Trinajstić information content (AvgIpc) is 3.30. The largest absolute Gasteiger partial charge is 0.355 e. The fourth-order valence-electron chi connectivity index (χ4n) is 3.37. The number of nitrogens with zero attached hydrogens (tertiary/aromatic N) is 3. The fourth-order valence-corrected chi connectivity index (χ4v) is 4.98. The second-order valence-corrected chi connectivity index (χ2v) is 11.6. The first-order chi connectivity index (χ1) is 16.1. The molecule has 34 heavy (non-hydrogen) atoms. The van der Waals surface area contributed by atoms with Crippen LogP contribution in [0.5, 0.6) is 0 Å². The Morgan fingerprint density at radius 2 is 1.88 bits per heavy atom. The molecule has 4 rings (SSSR count). The lowest BCUT2D eigenvalue weighted by atomic mass is 10.1. The zero-order chi connectivity index (χ0) is 24.5. The van der Waals surface area contributed by atoms with Crippen molar-refractivity contribution in [2.75, 3.05) is 23.9 Å². The van der Waals surface area contributed by atoms with E-state index in [4.69, 9.17) is 11.6 Å². The number of carbonyl (C=O) groups excluding carboxylic acids is 2. The molecule has 9 nitrogen and oxygen atoms in total. The molecule has 178 valence electrons. The smallest absolute Gasteiger partial charge is 0.220 e. The summed E-state index contributed by atoms with van der Waals surface area (Å²) in [5, 5.41) is 7.06. The molecule has 12 heteroatoms. The van der Waals surface area contributed by atoms with Crippen molar-refractivity contribution in [3.63, 3.8) is 0 Å². The second-order valence-electron chi connectivity index (χ2n) is 7.86. The van der Waals surface area contributed by atoms with Crippen LogP contribution < -0.4 is 10.6 Å². The highest BCUT2D eigenvalue weighted by Gasteiger charge is 2.15. The standard InChI is InChI=1S/C22H22ClN5O4S2/c1-28-17-6-3-13(18(29)7-8-20(30)24-9-10-34(2,31)32)11-16(17)25-21(28)27-22-26-15-5-4-14(23)12-19(15)33-22/h3-6,11-12H,7-10H2,1-2H3,(H,24,30)(H,25,26,27). The summed E-state index contributed by atoms with van der Waals surface area (Å²) in [6.45, 7) is 0.0310. The lowest BCUT2D eigenvalue weighted by Crippen LogP contribution is -2.29. The number of hydrogen-bond acceptors (Lipinski definition) is 8. The van der Waals surface area contributed by atoms with Crippen molar-refractivity contribution in [1.29, 1.82) is 0 Å². The van der Waals surface area contributed by atoms with Gasteiger partial charge < -0.3 is 15.2 Å². The molecule has 4 aromatic rings. The third-order valence-electron chi connectivity index (χ3n) is 5.15. The Bertz CT molecular complexity index is 1510. The highest BCUT2D eigenvalue weighted by atomic mass is 35.5. The average molecular weight is 520 g/mol. The molecule has 0 saturated carbocycles. The van der Waals surface area contributed by atoms with E-state index in [0.29, 0.717) is 27.2 Å². The Kier molecular flexibility index (Phi) is 6.87. The minimum atomic E-state index is -3.15. The number of nitrogens with one attached hydrogen (secondary N) is 2. The summed E-state index contributed by atoms with van der Waals surface area (Å²) in [7, 11) is -1.28. The van der Waals surface area contributed by atoms with Gasteiger partial charge in [0.25, 0.3) is 0 Å². The Morgan fingerprint density at radius 3 is 2.65 bits per heavy atom. The highest BCUT2D eigenvalue weighted by Crippen LogP contribution is 2.31. The number of halogens is 1. The molecule has 2 N–H and O–H groups in total. The van der Waals surface area contributed by atoms with Crippen molar-refractivity contribution < 1.29 is 18.0 Å². The number of aromatic nitrogens is 3. The number of benzene rings is 2. The van der Waals surface area contributed by atoms with Crippen molar-refractivity contribution in [2.45, 2.75) is 12.8 Å². The molecule has 0 unspecified atom stereocenters. The van der Waals surface area contributed by atoms with Gasteiger partial charge in [-0.25, -0.2) is 18.4 Å². The zero-order valence-electron chi connectivity index (χ0n) is 18.5. The number of fused-ring (bicyclic) bond motifs is 2. The molecular weight excluding hydrogens is 498 g/mol. The van der Waals surface area contributed by atoms with Gasteiger partial charge in [0.2, 0.25) is 11.9 Å². The highest BCUT2D eigenvalue weighted by molar-refractivity contribution is 7.90. The first-order valence-electron chi connectivity index (χ1n) is 10.4. The number of sulfone groups is 1. The molecule has 0 bridgehead atoms. The predicted molar refractivity (Wildman–Crippen MR) is 135 cm³/mol. The van der Waals surface area contributed by atoms with Crippen LogP contribution in [0.2, 0.25) is 5.02 Å². The summed E-state index contributed by atoms with van der Waals surface area (Å²) in [5.74, 6) is -0.109. The number of ketones is 1. The summed E-state index contributed by atoms with van der Waals surface area (Å²) < 4.78 is 25.1. The van der Waals surface area contributed by atoms with E-state index in [0.717, 1.165) is 22.0 Å². The van der Waals surface area contributed by atoms with Gasteiger partial charge in [0, 0.05) is 43.3 Å². The molecule has 0 saturated heterocycles. The van der Waals surface area contributed by atoms with Gasteiger partial charge in [-0.15, -0.1) is 0 Å². The van der Waals surface area contributed by atoms with Gasteiger partial charge in [0.1, 0.15) is 9.84 Å². The first kappa shape index (κ1) is 24.1. The van der Waals surface area contributed by atoms with Crippen molar-refractivity contribution in [3.8, 4) is 0 Å². The molecule has 0 spiro atoms. The van der Waals surface area contributed by atoms with E-state index >= 15 is 0 Å². The fraction of sp³-hybridized carbons (Fsp3) is 0.273. The number of carbonyl (C=O) groups is 2. The van der Waals surface area contributed by atoms with E-state index in [1.807, 2.05) is 29.8 Å². The molecule has 2 aromatic heterocycles. The summed E-state index contributed by atoms with van der Waals surface area (Å²) in [6.07, 6.45) is 1.10. The number of aryl methyl sites for hydroxylation is 1. The third kappa shape index (κ3) is 5.72. The van der Waals surface area contributed by atoms with Crippen LogP contribution in [-0.4, -0.2) is 53.2 Å². The van der Waals surface area contributed by atoms with Gasteiger partial charge in [-0.1, -0.05) is 22.9 Å². The summed E-state index contributed by atoms with van der Waals surface area (Å²) >= 11 is 7.52. The van der Waals surface area contributed by atoms with Crippen LogP contribution in [0.4, 0.5) is 11.1 Å². The van der Waals surface area contributed by atoms with E-state index in [1.165, 1.54) is 11.3 Å². The maximum atomic E-state index is 12.6. The maximum Gasteiger partial charge on any atom is 0.220 e. The van der Waals surface area contributed by atoms with Crippen molar-refractivity contribution in [3.05, 3.63) is 47.0 Å². The van der Waals surface area contributed by atoms with Crippen molar-refractivity contribution in [2.24, 2.45) is 7.05 Å². The topological polar surface area (TPSA) is 123 Å². The molecule has 2 aromatic carbocycles. The lowest BCUT2D eigenvalue weighted by molar-refractivity contribution is -0.120. The van der Waals surface area contributed by atoms with Crippen molar-refractivity contribution >= 4 is 76.8 Å². The van der Waals surface area contributed by atoms with Crippen LogP contribution in [0.15, 0.2) is 36.4 Å². The van der Waals surface area contributed by atoms with Crippen LogP contribution in [0.1, 0.15) is 23.2 Å². The number of rotatable bonds is 9. The summed E-state index contributed by atoms with van der Waals surface area (Å²) in [5.41, 5.74) is 2.76. The van der Waals surface area contributed by atoms with Crippen LogP contribution >= 0.6 is 22.9 Å². The summed E-state index contributed by atoms with van der Waals surface area (Å²) in [4.78, 5) is 33.6. The monoisotopic (exact) mass is 519 g/mol. The molecule has 0 radical (unpaired) electrons. The van der Waals surface area contributed by atoms with E-state index in [-0.39, 0.29) is 36.8 Å². The van der Waals surface area contributed by atoms with E-state index in [1.54, 1.807) is 18.2 Å². The minimum Gasteiger partial charge on any atom is -0.355 e. The Balaban J connectivity index is 1.43. The van der Waals surface area contributed by atoms with Gasteiger partial charge in [-0.05, 0) is 36.4 Å². The molecule has 0 atom stereocenters. The van der Waals surface area contributed by atoms with Crippen LogP contribution in [0.3, 0.4) is 0 Å². The molecule has 2 heterocycles. The van der Waals surface area contributed by atoms with Crippen LogP contribution in [0, 0.1) is 0 Å². The normalized spacial score (nSPS) is 11.7. The van der Waals surface area contributed by atoms with Gasteiger partial charge >= 0.3 is 0 Å². The molecule has 0 aliphatic rings. The molecule has 0 aliphatic carbocycles. The number of anilines is 2. The van der Waals surface area contributed by atoms with Crippen LogP contribution in [-0.2, 0) is 21.7 Å². The number of thiazole rings is 1. The third-order valence-corrected chi connectivity index (χ3v) is 7.26. The lowest BCUT2D eigenvalue weighted by Gasteiger charge is -2.05. The molecule has 0 aliphatic heterocycles. The first-order valence-corrected chi connectivity index (χ1v) is 13.6. The van der Waals surface area contributed by atoms with Gasteiger partial charge in [0.15, 0.2) is 10.9 Å². The zero-order valence-corrected chi connectivity index (χ0v) is 20.9. The number of Topliss-reactive ketones (excluding diaryl/α,β-unsaturated/α-hetero) is 1. The molecular formula is C22H22ClN5O4S2. The van der Waals surface area contributed by atoms with E-state index in [9.17, 15) is 18.0 Å². The number of hydrogen-bond donors (Lipinski definition) is 2. The Labute approximate surface area is 205 Å². The number of amides is 1. The molecule has 0 fully saturated rings. The maximum absolute atomic E-state index is 12.6. The Hall–Kier alpha value is -3.02. The quantitative estimate of drug-likeness (QED) is 0.323. The van der Waals surface area contributed by atoms with Crippen molar-refractivity contribution in [1.82, 2.24) is 19.9 Å². The SMILES string of the molecule is Cn1c(Nc2nc3ccc(Cl)cc3s2)nc2cc(C(=O)CCC(=O)NCCS(C)(=O)=O)ccc21. The van der Waals surface area contributed by atoms with Gasteiger partial charge in [-0.2, -0.15) is 0 Å². The molecule has 1 amide bonds. The van der Waals surface area contributed by atoms with Gasteiger partial charge in [0.05, 0.1) is 27.0 Å². The minimum absolute atomic E-state index is 0.0163. The Morgan fingerprint density at radius 1 is 1.09 bits per heavy atom.